The lowest BCUT2D eigenvalue weighted by molar-refractivity contribution is 0.584. The van der Waals surface area contributed by atoms with Crippen molar-refractivity contribution >= 4 is 27.3 Å². The van der Waals surface area contributed by atoms with Crippen molar-refractivity contribution in [2.45, 2.75) is 26.4 Å². The Morgan fingerprint density at radius 2 is 1.89 bits per heavy atom. The fourth-order valence-electron chi connectivity index (χ4n) is 1.46. The normalized spacial score (nSPS) is 11.3. The zero-order chi connectivity index (χ0) is 14.0. The number of benzene rings is 1. The van der Waals surface area contributed by atoms with E-state index in [9.17, 15) is 8.78 Å². The summed E-state index contributed by atoms with van der Waals surface area (Å²) in [5.74, 6) is -1.29. The number of nitrogens with zero attached hydrogens (tertiary/aromatic N) is 2. The molecule has 1 aromatic carbocycles. The van der Waals surface area contributed by atoms with E-state index >= 15 is 0 Å². The standard InChI is InChI=1S/C12H12BrF2N3S/c1-6(2)16-5-10-17-18-12(19-10)11-8(14)3-7(13)4-9(11)15/h3-4,6,16H,5H2,1-2H3. The number of nitrogens with one attached hydrogen (secondary N) is 1. The van der Waals surface area contributed by atoms with Gasteiger partial charge < -0.3 is 5.32 Å². The number of aromatic nitrogens is 2. The zero-order valence-electron chi connectivity index (χ0n) is 10.4. The van der Waals surface area contributed by atoms with Crippen molar-refractivity contribution in [3.8, 4) is 10.6 Å². The first-order valence-electron chi connectivity index (χ1n) is 5.68. The summed E-state index contributed by atoms with van der Waals surface area (Å²) in [7, 11) is 0. The smallest absolute Gasteiger partial charge is 0.153 e. The van der Waals surface area contributed by atoms with Crippen LogP contribution in [0.2, 0.25) is 0 Å². The van der Waals surface area contributed by atoms with E-state index in [2.05, 4.69) is 31.4 Å². The second-order valence-electron chi connectivity index (χ2n) is 4.28. The van der Waals surface area contributed by atoms with Gasteiger partial charge in [-0.2, -0.15) is 0 Å². The largest absolute Gasteiger partial charge is 0.308 e. The molecule has 2 aromatic rings. The van der Waals surface area contributed by atoms with Crippen LogP contribution in [-0.2, 0) is 6.54 Å². The van der Waals surface area contributed by atoms with Gasteiger partial charge in [-0.1, -0.05) is 41.1 Å². The maximum Gasteiger partial charge on any atom is 0.153 e. The Morgan fingerprint density at radius 3 is 2.47 bits per heavy atom. The van der Waals surface area contributed by atoms with Gasteiger partial charge in [0, 0.05) is 17.1 Å². The van der Waals surface area contributed by atoms with Crippen LogP contribution in [0.5, 0.6) is 0 Å². The quantitative estimate of drug-likeness (QED) is 0.915. The highest BCUT2D eigenvalue weighted by atomic mass is 79.9. The molecule has 1 aromatic heterocycles. The Labute approximate surface area is 122 Å². The van der Waals surface area contributed by atoms with Gasteiger partial charge in [0.2, 0.25) is 0 Å². The van der Waals surface area contributed by atoms with Crippen molar-refractivity contribution < 1.29 is 8.78 Å². The van der Waals surface area contributed by atoms with Crippen LogP contribution in [0.4, 0.5) is 8.78 Å². The predicted octanol–water partition coefficient (Wildman–Crippen LogP) is 3.74. The van der Waals surface area contributed by atoms with Gasteiger partial charge in [-0.15, -0.1) is 10.2 Å². The van der Waals surface area contributed by atoms with Gasteiger partial charge in [0.05, 0.1) is 5.56 Å². The Kier molecular flexibility index (Phi) is 4.59. The third kappa shape index (κ3) is 3.55. The maximum absolute atomic E-state index is 13.8. The maximum atomic E-state index is 13.8. The minimum absolute atomic E-state index is 0.128. The lowest BCUT2D eigenvalue weighted by atomic mass is 10.2. The second-order valence-corrected chi connectivity index (χ2v) is 6.26. The van der Waals surface area contributed by atoms with Crippen molar-refractivity contribution in [1.29, 1.82) is 0 Å². The van der Waals surface area contributed by atoms with E-state index in [1.165, 1.54) is 23.5 Å². The molecule has 2 rings (SSSR count). The van der Waals surface area contributed by atoms with Gasteiger partial charge in [-0.05, 0) is 12.1 Å². The third-order valence-corrected chi connectivity index (χ3v) is 3.75. The highest BCUT2D eigenvalue weighted by Gasteiger charge is 2.17. The molecule has 102 valence electrons. The summed E-state index contributed by atoms with van der Waals surface area (Å²) in [6.45, 7) is 4.56. The topological polar surface area (TPSA) is 37.8 Å². The SMILES string of the molecule is CC(C)NCc1nnc(-c2c(F)cc(Br)cc2F)s1. The fraction of sp³-hybridized carbons (Fsp3) is 0.333. The molecule has 7 heteroatoms. The molecule has 0 bridgehead atoms. The summed E-state index contributed by atoms with van der Waals surface area (Å²) in [6.07, 6.45) is 0. The summed E-state index contributed by atoms with van der Waals surface area (Å²) < 4.78 is 27.9. The number of halogens is 3. The summed E-state index contributed by atoms with van der Waals surface area (Å²) in [4.78, 5) is 0. The van der Waals surface area contributed by atoms with Crippen molar-refractivity contribution in [3.05, 3.63) is 33.2 Å². The fourth-order valence-corrected chi connectivity index (χ4v) is 2.71. The van der Waals surface area contributed by atoms with E-state index < -0.39 is 11.6 Å². The van der Waals surface area contributed by atoms with Crippen molar-refractivity contribution in [2.24, 2.45) is 0 Å². The van der Waals surface area contributed by atoms with E-state index in [1.807, 2.05) is 13.8 Å². The van der Waals surface area contributed by atoms with Crippen molar-refractivity contribution in [1.82, 2.24) is 15.5 Å². The number of rotatable bonds is 4. The van der Waals surface area contributed by atoms with Gasteiger partial charge in [0.15, 0.2) is 5.01 Å². The molecule has 0 unspecified atom stereocenters. The molecule has 0 fully saturated rings. The highest BCUT2D eigenvalue weighted by Crippen LogP contribution is 2.31. The molecule has 19 heavy (non-hydrogen) atoms. The molecule has 3 nitrogen and oxygen atoms in total. The molecule has 0 aliphatic carbocycles. The average Bonchev–Trinajstić information content (AvgIpc) is 2.73. The number of hydrogen-bond acceptors (Lipinski definition) is 4. The zero-order valence-corrected chi connectivity index (χ0v) is 12.8. The molecule has 0 atom stereocenters. The third-order valence-electron chi connectivity index (χ3n) is 2.35. The average molecular weight is 348 g/mol. The first-order chi connectivity index (χ1) is 8.97. The van der Waals surface area contributed by atoms with Crippen LogP contribution in [-0.4, -0.2) is 16.2 Å². The predicted molar refractivity (Wildman–Crippen MR) is 74.9 cm³/mol. The monoisotopic (exact) mass is 347 g/mol. The summed E-state index contributed by atoms with van der Waals surface area (Å²) in [5, 5.41) is 11.9. The molecule has 1 N–H and O–H groups in total. The van der Waals surface area contributed by atoms with Crippen LogP contribution in [0.1, 0.15) is 18.9 Å². The highest BCUT2D eigenvalue weighted by molar-refractivity contribution is 9.10. The second kappa shape index (κ2) is 6.02. The molecular weight excluding hydrogens is 336 g/mol. The molecular formula is C12H12BrF2N3S. The van der Waals surface area contributed by atoms with Crippen molar-refractivity contribution in [3.63, 3.8) is 0 Å². The van der Waals surface area contributed by atoms with Crippen LogP contribution in [0.3, 0.4) is 0 Å². The molecule has 0 radical (unpaired) electrons. The number of hydrogen-bond donors (Lipinski definition) is 1. The minimum atomic E-state index is -0.647. The van der Waals surface area contributed by atoms with E-state index in [-0.39, 0.29) is 10.6 Å². The van der Waals surface area contributed by atoms with E-state index in [4.69, 9.17) is 0 Å². The Morgan fingerprint density at radius 1 is 1.26 bits per heavy atom. The molecule has 0 spiro atoms. The van der Waals surface area contributed by atoms with Crippen LogP contribution in [0.15, 0.2) is 16.6 Å². The van der Waals surface area contributed by atoms with E-state index in [1.54, 1.807) is 0 Å². The first kappa shape index (κ1) is 14.5. The van der Waals surface area contributed by atoms with Gasteiger partial charge in [0.1, 0.15) is 16.6 Å². The molecule has 0 saturated heterocycles. The van der Waals surface area contributed by atoms with Gasteiger partial charge in [-0.3, -0.25) is 0 Å². The Bertz CT molecular complexity index is 563. The summed E-state index contributed by atoms with van der Waals surface area (Å²) >= 11 is 4.23. The van der Waals surface area contributed by atoms with Crippen LogP contribution < -0.4 is 5.32 Å². The lowest BCUT2D eigenvalue weighted by Crippen LogP contribution is -2.21. The van der Waals surface area contributed by atoms with Gasteiger partial charge in [0.25, 0.3) is 0 Å². The van der Waals surface area contributed by atoms with E-state index in [0.717, 1.165) is 0 Å². The first-order valence-corrected chi connectivity index (χ1v) is 7.29. The van der Waals surface area contributed by atoms with Crippen molar-refractivity contribution in [2.75, 3.05) is 0 Å². The lowest BCUT2D eigenvalue weighted by Gasteiger charge is -2.04. The Balaban J connectivity index is 2.28. The minimum Gasteiger partial charge on any atom is -0.308 e. The Hall–Kier alpha value is -0.920. The van der Waals surface area contributed by atoms with E-state index in [0.29, 0.717) is 22.1 Å². The summed E-state index contributed by atoms with van der Waals surface area (Å²) in [5.41, 5.74) is -0.128. The molecule has 0 aliphatic heterocycles. The van der Waals surface area contributed by atoms with Gasteiger partial charge in [-0.25, -0.2) is 8.78 Å². The molecule has 1 heterocycles. The van der Waals surface area contributed by atoms with Gasteiger partial charge >= 0.3 is 0 Å². The molecule has 0 amide bonds. The van der Waals surface area contributed by atoms with Crippen LogP contribution in [0.25, 0.3) is 10.6 Å². The summed E-state index contributed by atoms with van der Waals surface area (Å²) in [6, 6.07) is 2.74. The van der Waals surface area contributed by atoms with Crippen LogP contribution in [0, 0.1) is 11.6 Å². The van der Waals surface area contributed by atoms with Crippen LogP contribution >= 0.6 is 27.3 Å². The molecule has 0 aliphatic rings. The molecule has 0 saturated carbocycles.